The van der Waals surface area contributed by atoms with Gasteiger partial charge in [-0.15, -0.1) is 0 Å². The number of aryl methyl sites for hydroxylation is 1. The normalized spacial score (nSPS) is 10.6. The van der Waals surface area contributed by atoms with Crippen LogP contribution in [0.15, 0.2) is 133 Å². The molecule has 1 N–H and O–H groups in total. The quantitative estimate of drug-likeness (QED) is 0.292. The van der Waals surface area contributed by atoms with E-state index in [1.807, 2.05) is 0 Å². The molecule has 0 saturated carbocycles. The Labute approximate surface area is 195 Å². The Morgan fingerprint density at radius 1 is 0.515 bits per heavy atom. The maximum Gasteiger partial charge on any atom is 0.0708 e. The van der Waals surface area contributed by atoms with Gasteiger partial charge in [-0.1, -0.05) is 97.1 Å². The van der Waals surface area contributed by atoms with Crippen molar-refractivity contribution >= 4 is 28.4 Å². The summed E-state index contributed by atoms with van der Waals surface area (Å²) in [6, 6.07) is 46.6. The summed E-state index contributed by atoms with van der Waals surface area (Å²) >= 11 is 0. The maximum absolute atomic E-state index is 3.79. The summed E-state index contributed by atoms with van der Waals surface area (Å²) in [5, 5.41) is 3.79. The van der Waals surface area contributed by atoms with E-state index in [4.69, 9.17) is 0 Å². The Balaban J connectivity index is 1.76. The number of hydrogen-bond acceptors (Lipinski definition) is 2. The van der Waals surface area contributed by atoms with Gasteiger partial charge < -0.3 is 10.2 Å². The summed E-state index contributed by atoms with van der Waals surface area (Å²) < 4.78 is 0. The van der Waals surface area contributed by atoms with E-state index < -0.39 is 0 Å². The van der Waals surface area contributed by atoms with Gasteiger partial charge in [0.15, 0.2) is 0 Å². The Morgan fingerprint density at radius 3 is 1.67 bits per heavy atom. The molecule has 0 aliphatic heterocycles. The molecule has 2 nitrogen and oxygen atoms in total. The van der Waals surface area contributed by atoms with Crippen molar-refractivity contribution < 1.29 is 0 Å². The standard InChI is InChI=1S/C31H26N2/c1-24-14-11-12-22-29(24)32-31-28(25-15-5-2-6-16-25)21-13-23-30(31)33(26-17-7-3-8-18-26)27-19-9-4-10-20-27/h2-23,32H,1H3. The Morgan fingerprint density at radius 2 is 1.06 bits per heavy atom. The third-order valence-corrected chi connectivity index (χ3v) is 5.80. The van der Waals surface area contributed by atoms with E-state index in [2.05, 4.69) is 151 Å². The maximum atomic E-state index is 3.79. The molecule has 0 aromatic heterocycles. The topological polar surface area (TPSA) is 15.3 Å². The fourth-order valence-electron chi connectivity index (χ4n) is 4.15. The molecular weight excluding hydrogens is 400 g/mol. The molecule has 0 unspecified atom stereocenters. The van der Waals surface area contributed by atoms with Crippen LogP contribution >= 0.6 is 0 Å². The number of hydrogen-bond donors (Lipinski definition) is 1. The summed E-state index contributed by atoms with van der Waals surface area (Å²) in [5.74, 6) is 0. The van der Waals surface area contributed by atoms with Crippen LogP contribution in [0.4, 0.5) is 28.4 Å². The van der Waals surface area contributed by atoms with E-state index in [0.717, 1.165) is 34.0 Å². The van der Waals surface area contributed by atoms with Gasteiger partial charge in [-0.2, -0.15) is 0 Å². The molecule has 5 aromatic carbocycles. The molecule has 0 atom stereocenters. The van der Waals surface area contributed by atoms with Gasteiger partial charge in [-0.05, 0) is 54.4 Å². The lowest BCUT2D eigenvalue weighted by molar-refractivity contribution is 1.28. The third-order valence-electron chi connectivity index (χ3n) is 5.80. The highest BCUT2D eigenvalue weighted by Gasteiger charge is 2.19. The molecule has 0 fully saturated rings. The zero-order valence-electron chi connectivity index (χ0n) is 18.6. The molecule has 0 heterocycles. The number of nitrogens with one attached hydrogen (secondary N) is 1. The molecule has 0 aliphatic carbocycles. The summed E-state index contributed by atoms with van der Waals surface area (Å²) in [5.41, 5.74) is 9.04. The molecule has 0 aliphatic rings. The van der Waals surface area contributed by atoms with E-state index >= 15 is 0 Å². The Kier molecular flexibility index (Phi) is 5.90. The lowest BCUT2D eigenvalue weighted by Gasteiger charge is -2.29. The minimum Gasteiger partial charge on any atom is -0.353 e. The molecule has 160 valence electrons. The zero-order valence-corrected chi connectivity index (χ0v) is 18.6. The molecule has 33 heavy (non-hydrogen) atoms. The van der Waals surface area contributed by atoms with Crippen molar-refractivity contribution in [3.8, 4) is 11.1 Å². The van der Waals surface area contributed by atoms with Gasteiger partial charge in [-0.3, -0.25) is 0 Å². The lowest BCUT2D eigenvalue weighted by atomic mass is 10.0. The lowest BCUT2D eigenvalue weighted by Crippen LogP contribution is -2.12. The number of anilines is 5. The monoisotopic (exact) mass is 426 g/mol. The Bertz CT molecular complexity index is 1290. The van der Waals surface area contributed by atoms with E-state index in [0.29, 0.717) is 0 Å². The highest BCUT2D eigenvalue weighted by molar-refractivity contribution is 5.95. The van der Waals surface area contributed by atoms with E-state index in [-0.39, 0.29) is 0 Å². The van der Waals surface area contributed by atoms with Crippen LogP contribution in [0.2, 0.25) is 0 Å². The highest BCUT2D eigenvalue weighted by Crippen LogP contribution is 2.44. The first-order valence-electron chi connectivity index (χ1n) is 11.2. The van der Waals surface area contributed by atoms with Crippen LogP contribution in [0.5, 0.6) is 0 Å². The van der Waals surface area contributed by atoms with Crippen molar-refractivity contribution in [1.82, 2.24) is 0 Å². The van der Waals surface area contributed by atoms with Crippen molar-refractivity contribution in [2.45, 2.75) is 6.92 Å². The van der Waals surface area contributed by atoms with Crippen LogP contribution in [0.1, 0.15) is 5.56 Å². The number of para-hydroxylation sites is 4. The minimum absolute atomic E-state index is 1.07. The predicted molar refractivity (Wildman–Crippen MR) is 141 cm³/mol. The first-order valence-corrected chi connectivity index (χ1v) is 11.2. The predicted octanol–water partition coefficient (Wildman–Crippen LogP) is 8.88. The number of nitrogens with zero attached hydrogens (tertiary/aromatic N) is 1. The zero-order chi connectivity index (χ0) is 22.5. The van der Waals surface area contributed by atoms with Gasteiger partial charge >= 0.3 is 0 Å². The average molecular weight is 427 g/mol. The highest BCUT2D eigenvalue weighted by atomic mass is 15.2. The average Bonchev–Trinajstić information content (AvgIpc) is 2.88. The summed E-state index contributed by atoms with van der Waals surface area (Å²) in [7, 11) is 0. The van der Waals surface area contributed by atoms with Crippen molar-refractivity contribution in [2.24, 2.45) is 0 Å². The van der Waals surface area contributed by atoms with Gasteiger partial charge in [0.2, 0.25) is 0 Å². The first-order chi connectivity index (χ1) is 16.3. The summed E-state index contributed by atoms with van der Waals surface area (Å²) in [6.45, 7) is 2.14. The first kappa shape index (κ1) is 20.6. The van der Waals surface area contributed by atoms with E-state index in [1.54, 1.807) is 0 Å². The van der Waals surface area contributed by atoms with Gasteiger partial charge in [0.05, 0.1) is 11.4 Å². The Hall–Kier alpha value is -4.30. The molecule has 0 radical (unpaired) electrons. The molecule has 0 bridgehead atoms. The van der Waals surface area contributed by atoms with Gasteiger partial charge in [0.1, 0.15) is 0 Å². The third kappa shape index (κ3) is 4.37. The van der Waals surface area contributed by atoms with Gasteiger partial charge in [0.25, 0.3) is 0 Å². The molecule has 5 rings (SSSR count). The summed E-state index contributed by atoms with van der Waals surface area (Å²) in [6.07, 6.45) is 0. The largest absolute Gasteiger partial charge is 0.353 e. The molecule has 2 heteroatoms. The van der Waals surface area contributed by atoms with Crippen LogP contribution in [-0.4, -0.2) is 0 Å². The van der Waals surface area contributed by atoms with Crippen molar-refractivity contribution in [3.05, 3.63) is 139 Å². The fourth-order valence-corrected chi connectivity index (χ4v) is 4.15. The molecular formula is C31H26N2. The molecule has 0 amide bonds. The second kappa shape index (κ2) is 9.46. The minimum atomic E-state index is 1.07. The molecule has 0 saturated heterocycles. The summed E-state index contributed by atoms with van der Waals surface area (Å²) in [4.78, 5) is 2.31. The van der Waals surface area contributed by atoms with Crippen LogP contribution in [0, 0.1) is 6.92 Å². The van der Waals surface area contributed by atoms with Crippen LogP contribution in [0.3, 0.4) is 0 Å². The van der Waals surface area contributed by atoms with Crippen molar-refractivity contribution in [3.63, 3.8) is 0 Å². The number of rotatable bonds is 6. The molecule has 0 spiro atoms. The smallest absolute Gasteiger partial charge is 0.0708 e. The van der Waals surface area contributed by atoms with Gasteiger partial charge in [-0.25, -0.2) is 0 Å². The number of benzene rings is 5. The van der Waals surface area contributed by atoms with Crippen molar-refractivity contribution in [2.75, 3.05) is 10.2 Å². The van der Waals surface area contributed by atoms with Crippen molar-refractivity contribution in [1.29, 1.82) is 0 Å². The SMILES string of the molecule is Cc1ccccc1Nc1c(-c2ccccc2)cccc1N(c1ccccc1)c1ccccc1. The van der Waals surface area contributed by atoms with Gasteiger partial charge in [0, 0.05) is 22.6 Å². The second-order valence-electron chi connectivity index (χ2n) is 8.01. The fraction of sp³-hybridized carbons (Fsp3) is 0.0323. The van der Waals surface area contributed by atoms with E-state index in [1.165, 1.54) is 11.1 Å². The van der Waals surface area contributed by atoms with Crippen LogP contribution < -0.4 is 10.2 Å². The van der Waals surface area contributed by atoms with Crippen LogP contribution in [-0.2, 0) is 0 Å². The van der Waals surface area contributed by atoms with Crippen LogP contribution in [0.25, 0.3) is 11.1 Å². The molecule has 5 aromatic rings. The van der Waals surface area contributed by atoms with E-state index in [9.17, 15) is 0 Å². The second-order valence-corrected chi connectivity index (χ2v) is 8.01.